The molecule has 2 heteroatoms. The summed E-state index contributed by atoms with van der Waals surface area (Å²) >= 11 is 0. The molecule has 2 N–H and O–H groups in total. The normalized spacial score (nSPS) is 16.4. The van der Waals surface area contributed by atoms with Gasteiger partial charge in [-0.25, -0.2) is 0 Å². The topological polar surface area (TPSA) is 43.1 Å². The second kappa shape index (κ2) is 3.45. The van der Waals surface area contributed by atoms with Crippen LogP contribution >= 0.6 is 0 Å². The average Bonchev–Trinajstić information content (AvgIpc) is 1.98. The second-order valence-corrected chi connectivity index (χ2v) is 4.12. The Balaban J connectivity index is 2.26. The zero-order chi connectivity index (χ0) is 10.1. The van der Waals surface area contributed by atoms with Gasteiger partial charge in [-0.05, 0) is 43.5 Å². The van der Waals surface area contributed by atoms with Crippen molar-refractivity contribution in [2.24, 2.45) is 5.92 Å². The third-order valence-electron chi connectivity index (χ3n) is 2.86. The van der Waals surface area contributed by atoms with Crippen molar-refractivity contribution in [3.63, 3.8) is 0 Å². The van der Waals surface area contributed by atoms with Crippen molar-refractivity contribution in [1.29, 1.82) is 0 Å². The van der Waals surface area contributed by atoms with Gasteiger partial charge in [0.15, 0.2) is 5.78 Å². The number of ketones is 1. The number of hydrogen-bond donors (Lipinski definition) is 1. The Bertz CT molecular complexity index is 346. The van der Waals surface area contributed by atoms with Crippen LogP contribution in [0.1, 0.15) is 35.2 Å². The van der Waals surface area contributed by atoms with Crippen LogP contribution in [0.3, 0.4) is 0 Å². The zero-order valence-corrected chi connectivity index (χ0v) is 8.42. The van der Waals surface area contributed by atoms with Crippen LogP contribution in [0.15, 0.2) is 18.2 Å². The lowest BCUT2D eigenvalue weighted by molar-refractivity contribution is 0.0855. The molecule has 1 fully saturated rings. The van der Waals surface area contributed by atoms with E-state index in [1.165, 1.54) is 6.42 Å². The van der Waals surface area contributed by atoms with Crippen molar-refractivity contribution in [3.8, 4) is 0 Å². The van der Waals surface area contributed by atoms with Crippen LogP contribution in [0.2, 0.25) is 0 Å². The molecule has 0 radical (unpaired) electrons. The molecule has 0 bridgehead atoms. The highest BCUT2D eigenvalue weighted by Crippen LogP contribution is 2.30. The summed E-state index contributed by atoms with van der Waals surface area (Å²) in [6.45, 7) is 1.97. The smallest absolute Gasteiger partial charge is 0.166 e. The summed E-state index contributed by atoms with van der Waals surface area (Å²) in [5.74, 6) is 0.530. The summed E-state index contributed by atoms with van der Waals surface area (Å²) in [5.41, 5.74) is 8.24. The van der Waals surface area contributed by atoms with Gasteiger partial charge in [-0.1, -0.05) is 6.42 Å². The highest BCUT2D eigenvalue weighted by molar-refractivity contribution is 5.99. The van der Waals surface area contributed by atoms with E-state index >= 15 is 0 Å². The van der Waals surface area contributed by atoms with Crippen molar-refractivity contribution < 1.29 is 4.79 Å². The molecule has 1 saturated carbocycles. The van der Waals surface area contributed by atoms with Crippen molar-refractivity contribution in [2.45, 2.75) is 26.2 Å². The number of Topliss-reactive ketones (excluding diaryl/α,β-unsaturated/α-hetero) is 1. The molecule has 0 heterocycles. The van der Waals surface area contributed by atoms with Gasteiger partial charge in [0.05, 0.1) is 0 Å². The lowest BCUT2D eigenvalue weighted by Gasteiger charge is -2.23. The van der Waals surface area contributed by atoms with E-state index < -0.39 is 0 Å². The van der Waals surface area contributed by atoms with E-state index in [-0.39, 0.29) is 11.7 Å². The number of anilines is 1. The number of benzene rings is 1. The Morgan fingerprint density at radius 1 is 1.36 bits per heavy atom. The van der Waals surface area contributed by atoms with Gasteiger partial charge in [0.2, 0.25) is 0 Å². The molecule has 0 spiro atoms. The number of nitrogen functional groups attached to an aromatic ring is 1. The summed E-state index contributed by atoms with van der Waals surface area (Å²) in [5, 5.41) is 0. The Morgan fingerprint density at radius 3 is 2.57 bits per heavy atom. The van der Waals surface area contributed by atoms with Gasteiger partial charge in [-0.15, -0.1) is 0 Å². The monoisotopic (exact) mass is 189 g/mol. The van der Waals surface area contributed by atoms with Gasteiger partial charge in [0.25, 0.3) is 0 Å². The number of hydrogen-bond acceptors (Lipinski definition) is 2. The molecule has 2 nitrogen and oxygen atoms in total. The van der Waals surface area contributed by atoms with Gasteiger partial charge in [0.1, 0.15) is 0 Å². The van der Waals surface area contributed by atoms with Crippen molar-refractivity contribution >= 4 is 11.5 Å². The molecule has 1 aliphatic carbocycles. The quantitative estimate of drug-likeness (QED) is 0.574. The molecule has 0 aromatic heterocycles. The molecule has 0 amide bonds. The molecule has 1 aliphatic rings. The first-order valence-corrected chi connectivity index (χ1v) is 5.08. The van der Waals surface area contributed by atoms with Gasteiger partial charge in [-0.3, -0.25) is 4.79 Å². The first kappa shape index (κ1) is 9.25. The van der Waals surface area contributed by atoms with E-state index in [0.717, 1.165) is 24.0 Å². The summed E-state index contributed by atoms with van der Waals surface area (Å²) in [4.78, 5) is 11.9. The van der Waals surface area contributed by atoms with Crippen molar-refractivity contribution in [3.05, 3.63) is 29.3 Å². The van der Waals surface area contributed by atoms with Gasteiger partial charge >= 0.3 is 0 Å². The minimum Gasteiger partial charge on any atom is -0.399 e. The summed E-state index contributed by atoms with van der Waals surface area (Å²) in [6, 6.07) is 5.60. The largest absolute Gasteiger partial charge is 0.399 e. The molecule has 0 unspecified atom stereocenters. The molecule has 1 aromatic carbocycles. The molecule has 14 heavy (non-hydrogen) atoms. The Hall–Kier alpha value is -1.31. The van der Waals surface area contributed by atoms with E-state index in [2.05, 4.69) is 0 Å². The second-order valence-electron chi connectivity index (χ2n) is 4.12. The predicted molar refractivity (Wildman–Crippen MR) is 57.3 cm³/mol. The predicted octanol–water partition coefficient (Wildman–Crippen LogP) is 2.56. The number of carbonyl (C=O) groups excluding carboxylic acids is 1. The molecule has 1 aromatic rings. The van der Waals surface area contributed by atoms with Crippen LogP contribution in [-0.2, 0) is 0 Å². The number of carbonyl (C=O) groups is 1. The van der Waals surface area contributed by atoms with Crippen molar-refractivity contribution in [2.75, 3.05) is 5.73 Å². The molecule has 2 rings (SSSR count). The third kappa shape index (κ3) is 1.65. The molecule has 0 aliphatic heterocycles. The van der Waals surface area contributed by atoms with Gasteiger partial charge < -0.3 is 5.73 Å². The molecule has 0 atom stereocenters. The van der Waals surface area contributed by atoms with E-state index in [9.17, 15) is 4.79 Å². The number of nitrogens with two attached hydrogens (primary N) is 1. The van der Waals surface area contributed by atoms with E-state index in [1.807, 2.05) is 19.1 Å². The van der Waals surface area contributed by atoms with Gasteiger partial charge in [-0.2, -0.15) is 0 Å². The van der Waals surface area contributed by atoms with Crippen molar-refractivity contribution in [1.82, 2.24) is 0 Å². The average molecular weight is 189 g/mol. The maximum absolute atomic E-state index is 11.9. The first-order chi connectivity index (χ1) is 6.66. The number of rotatable bonds is 2. The summed E-state index contributed by atoms with van der Waals surface area (Å²) in [6.07, 6.45) is 3.29. The lowest BCUT2D eigenvalue weighted by Crippen LogP contribution is -2.22. The van der Waals surface area contributed by atoms with Crippen LogP contribution in [-0.4, -0.2) is 5.78 Å². The third-order valence-corrected chi connectivity index (χ3v) is 2.86. The minimum absolute atomic E-state index is 0.260. The minimum atomic E-state index is 0.260. The molecular weight excluding hydrogens is 174 g/mol. The highest BCUT2D eigenvalue weighted by Gasteiger charge is 2.26. The van der Waals surface area contributed by atoms with Crippen LogP contribution in [0.4, 0.5) is 5.69 Å². The van der Waals surface area contributed by atoms with Crippen LogP contribution < -0.4 is 5.73 Å². The Labute approximate surface area is 84.1 Å². The molecule has 0 saturated heterocycles. The fourth-order valence-corrected chi connectivity index (χ4v) is 1.86. The van der Waals surface area contributed by atoms with Gasteiger partial charge in [0, 0.05) is 17.2 Å². The standard InChI is InChI=1S/C12H15NO/c1-8-5-10(7-11(13)6-8)12(14)9-3-2-4-9/h5-7,9H,2-4,13H2,1H3. The zero-order valence-electron chi connectivity index (χ0n) is 8.42. The maximum Gasteiger partial charge on any atom is 0.166 e. The highest BCUT2D eigenvalue weighted by atomic mass is 16.1. The van der Waals surface area contributed by atoms with E-state index in [4.69, 9.17) is 5.73 Å². The Kier molecular flexibility index (Phi) is 2.28. The summed E-state index contributed by atoms with van der Waals surface area (Å²) in [7, 11) is 0. The Morgan fingerprint density at radius 2 is 2.07 bits per heavy atom. The van der Waals surface area contributed by atoms with Crippen LogP contribution in [0, 0.1) is 12.8 Å². The number of aryl methyl sites for hydroxylation is 1. The molecular formula is C12H15NO. The fraction of sp³-hybridized carbons (Fsp3) is 0.417. The molecule has 74 valence electrons. The van der Waals surface area contributed by atoms with Crippen LogP contribution in [0.5, 0.6) is 0 Å². The lowest BCUT2D eigenvalue weighted by atomic mass is 9.80. The van der Waals surface area contributed by atoms with E-state index in [1.54, 1.807) is 6.07 Å². The first-order valence-electron chi connectivity index (χ1n) is 5.08. The fourth-order valence-electron chi connectivity index (χ4n) is 1.86. The van der Waals surface area contributed by atoms with E-state index in [0.29, 0.717) is 5.69 Å². The maximum atomic E-state index is 11.9. The SMILES string of the molecule is Cc1cc(N)cc(C(=O)C2CCC2)c1. The summed E-state index contributed by atoms with van der Waals surface area (Å²) < 4.78 is 0. The van der Waals surface area contributed by atoms with Crippen LogP contribution in [0.25, 0.3) is 0 Å².